The Morgan fingerprint density at radius 1 is 1.26 bits per heavy atom. The fraction of sp³-hybridized carbons (Fsp3) is 0.467. The van der Waals surface area contributed by atoms with Gasteiger partial charge in [-0.05, 0) is 57.6 Å². The molecular weight excluding hydrogens is 542 g/mol. The van der Waals surface area contributed by atoms with Gasteiger partial charge in [0.2, 0.25) is 11.8 Å². The number of hydrogen-bond acceptors (Lipinski definition) is 8. The van der Waals surface area contributed by atoms with Gasteiger partial charge in [-0.2, -0.15) is 0 Å². The van der Waals surface area contributed by atoms with E-state index in [1.165, 1.54) is 36.5 Å². The van der Waals surface area contributed by atoms with E-state index in [2.05, 4.69) is 27.0 Å². The lowest BCUT2D eigenvalue weighted by Crippen LogP contribution is -2.43. The van der Waals surface area contributed by atoms with Crippen molar-refractivity contribution in [2.45, 2.75) is 76.5 Å². The number of nitrogens with zero attached hydrogens (tertiary/aromatic N) is 2. The summed E-state index contributed by atoms with van der Waals surface area (Å²) in [5, 5.41) is 11.8. The molecule has 0 radical (unpaired) electrons. The summed E-state index contributed by atoms with van der Waals surface area (Å²) >= 11 is 0. The van der Waals surface area contributed by atoms with Crippen molar-refractivity contribution in [2.75, 3.05) is 11.9 Å². The Balaban J connectivity index is 1.51. The fourth-order valence-corrected chi connectivity index (χ4v) is 5.16. The van der Waals surface area contributed by atoms with Gasteiger partial charge in [-0.3, -0.25) is 19.2 Å². The molecule has 42 heavy (non-hydrogen) atoms. The summed E-state index contributed by atoms with van der Waals surface area (Å²) in [7, 11) is 0. The average Bonchev–Trinajstić information content (AvgIpc) is 3.59. The van der Waals surface area contributed by atoms with Crippen LogP contribution in [0.15, 0.2) is 45.9 Å². The van der Waals surface area contributed by atoms with E-state index in [9.17, 15) is 24.0 Å². The molecule has 0 bridgehead atoms. The number of esters is 1. The van der Waals surface area contributed by atoms with Crippen LogP contribution in [-0.4, -0.2) is 52.1 Å². The monoisotopic (exact) mass is 577 g/mol. The molecule has 0 spiro atoms. The Bertz CT molecular complexity index is 1430. The predicted octanol–water partition coefficient (Wildman–Crippen LogP) is 2.40. The van der Waals surface area contributed by atoms with Gasteiger partial charge in [0, 0.05) is 43.3 Å². The van der Waals surface area contributed by atoms with Gasteiger partial charge in [0.1, 0.15) is 23.6 Å². The third kappa shape index (κ3) is 7.96. The smallest absolute Gasteiger partial charge is 0.330 e. The Morgan fingerprint density at radius 3 is 2.71 bits per heavy atom. The SMILES string of the molecule is C#CCC(C(=O)NC(C=CC(=O)OC1CCCCC1)CC1CCNC1=O)n1cccc(NC(=O)c2cc(C)on2)c1=O. The Hall–Kier alpha value is -4.66. The van der Waals surface area contributed by atoms with Crippen molar-refractivity contribution in [2.24, 2.45) is 5.92 Å². The molecule has 2 aliphatic rings. The molecule has 222 valence electrons. The summed E-state index contributed by atoms with van der Waals surface area (Å²) in [4.78, 5) is 64.2. The highest BCUT2D eigenvalue weighted by atomic mass is 16.5. The van der Waals surface area contributed by atoms with E-state index >= 15 is 0 Å². The second-order valence-corrected chi connectivity index (χ2v) is 10.5. The molecule has 3 atom stereocenters. The van der Waals surface area contributed by atoms with E-state index in [4.69, 9.17) is 15.7 Å². The van der Waals surface area contributed by atoms with E-state index in [1.54, 1.807) is 6.92 Å². The zero-order chi connectivity index (χ0) is 30.1. The number of anilines is 1. The third-order valence-corrected chi connectivity index (χ3v) is 7.36. The number of aryl methyl sites for hydroxylation is 1. The van der Waals surface area contributed by atoms with Crippen LogP contribution in [0, 0.1) is 25.2 Å². The third-order valence-electron chi connectivity index (χ3n) is 7.36. The van der Waals surface area contributed by atoms with Crippen molar-refractivity contribution >= 4 is 29.4 Å². The zero-order valence-electron chi connectivity index (χ0n) is 23.5. The summed E-state index contributed by atoms with van der Waals surface area (Å²) in [5.41, 5.74) is -0.741. The normalized spacial score (nSPS) is 18.6. The topological polar surface area (TPSA) is 162 Å². The molecule has 1 aliphatic carbocycles. The lowest BCUT2D eigenvalue weighted by atomic mass is 9.97. The molecule has 3 amide bonds. The Labute approximate surface area is 243 Å². The standard InChI is InChI=1S/C30H35N5O7/c1-3-8-25(35-16-7-11-23(30(35)40)33-28(38)24-17-19(2)42-34-24)29(39)32-21(18-20-14-15-31-27(20)37)12-13-26(36)41-22-9-5-4-6-10-22/h1,7,11-13,16-17,20-22,25H,4-6,8-10,14-15,18H2,2H3,(H,31,37)(H,32,39)(H,33,38). The first kappa shape index (κ1) is 30.3. The lowest BCUT2D eigenvalue weighted by molar-refractivity contribution is -0.144. The molecule has 4 rings (SSSR count). The molecular formula is C30H35N5O7. The Morgan fingerprint density at radius 2 is 2.05 bits per heavy atom. The molecule has 0 aromatic carbocycles. The van der Waals surface area contributed by atoms with Gasteiger partial charge < -0.3 is 29.8 Å². The number of amides is 3. The van der Waals surface area contributed by atoms with Gasteiger partial charge in [-0.1, -0.05) is 17.7 Å². The summed E-state index contributed by atoms with van der Waals surface area (Å²) in [5.74, 6) is 0.613. The van der Waals surface area contributed by atoms with Crippen molar-refractivity contribution in [3.63, 3.8) is 0 Å². The minimum Gasteiger partial charge on any atom is -0.459 e. The Kier molecular flexibility index (Phi) is 10.3. The number of aromatic nitrogens is 2. The number of carbonyl (C=O) groups is 4. The second kappa shape index (κ2) is 14.3. The first-order chi connectivity index (χ1) is 20.2. The van der Waals surface area contributed by atoms with Crippen LogP contribution in [0.25, 0.3) is 0 Å². The number of ether oxygens (including phenoxy) is 1. The van der Waals surface area contributed by atoms with Crippen LogP contribution < -0.4 is 21.5 Å². The highest BCUT2D eigenvalue weighted by Crippen LogP contribution is 2.21. The molecule has 12 heteroatoms. The molecule has 3 N–H and O–H groups in total. The quantitative estimate of drug-likeness (QED) is 0.208. The van der Waals surface area contributed by atoms with E-state index in [0.717, 1.165) is 36.7 Å². The maximum atomic E-state index is 13.5. The molecule has 1 aliphatic heterocycles. The summed E-state index contributed by atoms with van der Waals surface area (Å²) in [6.45, 7) is 2.16. The van der Waals surface area contributed by atoms with Gasteiger partial charge in [0.05, 0.1) is 0 Å². The molecule has 3 unspecified atom stereocenters. The number of rotatable bonds is 11. The minimum atomic E-state index is -1.13. The van der Waals surface area contributed by atoms with Crippen LogP contribution in [0.5, 0.6) is 0 Å². The molecule has 2 aromatic rings. The zero-order valence-corrected chi connectivity index (χ0v) is 23.5. The van der Waals surface area contributed by atoms with Crippen molar-refractivity contribution in [3.8, 4) is 12.3 Å². The highest BCUT2D eigenvalue weighted by Gasteiger charge is 2.30. The molecule has 1 saturated heterocycles. The van der Waals surface area contributed by atoms with Crippen LogP contribution in [0.2, 0.25) is 0 Å². The van der Waals surface area contributed by atoms with Gasteiger partial charge >= 0.3 is 5.97 Å². The van der Waals surface area contributed by atoms with Crippen LogP contribution in [0.3, 0.4) is 0 Å². The largest absolute Gasteiger partial charge is 0.459 e. The number of nitrogens with one attached hydrogen (secondary N) is 3. The molecule has 3 heterocycles. The van der Waals surface area contributed by atoms with Crippen LogP contribution in [0.4, 0.5) is 5.69 Å². The van der Waals surface area contributed by atoms with Crippen molar-refractivity contribution < 1.29 is 28.4 Å². The second-order valence-electron chi connectivity index (χ2n) is 10.5. The van der Waals surface area contributed by atoms with Crippen LogP contribution >= 0.6 is 0 Å². The van der Waals surface area contributed by atoms with Crippen LogP contribution in [-0.2, 0) is 19.1 Å². The van der Waals surface area contributed by atoms with Gasteiger partial charge in [-0.15, -0.1) is 12.3 Å². The van der Waals surface area contributed by atoms with Gasteiger partial charge in [0.25, 0.3) is 11.5 Å². The van der Waals surface area contributed by atoms with Crippen molar-refractivity contribution in [1.82, 2.24) is 20.4 Å². The lowest BCUT2D eigenvalue weighted by Gasteiger charge is -2.23. The average molecular weight is 578 g/mol. The van der Waals surface area contributed by atoms with E-state index in [-0.39, 0.29) is 42.2 Å². The molecule has 1 saturated carbocycles. The number of hydrogen-bond donors (Lipinski definition) is 3. The van der Waals surface area contributed by atoms with E-state index in [0.29, 0.717) is 18.7 Å². The molecule has 12 nitrogen and oxygen atoms in total. The first-order valence-corrected chi connectivity index (χ1v) is 14.1. The predicted molar refractivity (Wildman–Crippen MR) is 152 cm³/mol. The highest BCUT2D eigenvalue weighted by molar-refractivity contribution is 6.02. The molecule has 2 aromatic heterocycles. The summed E-state index contributed by atoms with van der Waals surface area (Å²) in [6, 6.07) is 2.49. The van der Waals surface area contributed by atoms with Gasteiger partial charge in [0.15, 0.2) is 5.69 Å². The fourth-order valence-electron chi connectivity index (χ4n) is 5.16. The van der Waals surface area contributed by atoms with E-state index < -0.39 is 35.4 Å². The van der Waals surface area contributed by atoms with Crippen molar-refractivity contribution in [1.29, 1.82) is 0 Å². The number of terminal acetylenes is 1. The van der Waals surface area contributed by atoms with E-state index in [1.807, 2.05) is 0 Å². The summed E-state index contributed by atoms with van der Waals surface area (Å²) < 4.78 is 11.6. The van der Waals surface area contributed by atoms with Gasteiger partial charge in [-0.25, -0.2) is 4.79 Å². The molecule has 2 fully saturated rings. The maximum Gasteiger partial charge on any atom is 0.330 e. The van der Waals surface area contributed by atoms with Crippen molar-refractivity contribution in [3.05, 3.63) is 58.4 Å². The maximum absolute atomic E-state index is 13.5. The minimum absolute atomic E-state index is 0.00665. The first-order valence-electron chi connectivity index (χ1n) is 14.1. The number of pyridine rings is 1. The number of carbonyl (C=O) groups excluding carboxylic acids is 4. The van der Waals surface area contributed by atoms with Crippen LogP contribution in [0.1, 0.15) is 73.7 Å². The summed E-state index contributed by atoms with van der Waals surface area (Å²) in [6.07, 6.45) is 15.1.